The summed E-state index contributed by atoms with van der Waals surface area (Å²) in [6.07, 6.45) is 1.63. The van der Waals surface area contributed by atoms with E-state index < -0.39 is 0 Å². The van der Waals surface area contributed by atoms with Crippen LogP contribution in [0.1, 0.15) is 11.1 Å². The Morgan fingerprint density at radius 3 is 2.74 bits per heavy atom. The Balaban J connectivity index is 1.85. The maximum atomic E-state index is 13.3. The Bertz CT molecular complexity index is 949. The topological polar surface area (TPSA) is 50.8 Å². The Kier molecular flexibility index (Phi) is 5.62. The molecule has 1 amide bonds. The summed E-state index contributed by atoms with van der Waals surface area (Å²) in [5.74, 6) is 0.158. The highest BCUT2D eigenvalue weighted by atomic mass is 35.5. The number of carbonyl (C=O) groups is 1. The van der Waals surface area contributed by atoms with Gasteiger partial charge in [-0.1, -0.05) is 23.7 Å². The van der Waals surface area contributed by atoms with Crippen LogP contribution in [0.4, 0.5) is 4.39 Å². The van der Waals surface area contributed by atoms with Gasteiger partial charge in [0, 0.05) is 7.05 Å². The van der Waals surface area contributed by atoms with E-state index in [4.69, 9.17) is 33.3 Å². The van der Waals surface area contributed by atoms with Crippen LogP contribution in [0.3, 0.4) is 0 Å². The van der Waals surface area contributed by atoms with Gasteiger partial charge in [-0.05, 0) is 53.7 Å². The first kappa shape index (κ1) is 19.1. The highest BCUT2D eigenvalue weighted by Gasteiger charge is 2.27. The number of thiocarbonyl (C=S) groups is 1. The summed E-state index contributed by atoms with van der Waals surface area (Å²) in [4.78, 5) is 13.4. The van der Waals surface area contributed by atoms with E-state index in [0.717, 1.165) is 0 Å². The quantitative estimate of drug-likeness (QED) is 0.605. The van der Waals surface area contributed by atoms with Crippen molar-refractivity contribution in [3.63, 3.8) is 0 Å². The summed E-state index contributed by atoms with van der Waals surface area (Å²) < 4.78 is 24.4. The number of nitrogens with one attached hydrogen (secondary N) is 1. The van der Waals surface area contributed by atoms with Crippen molar-refractivity contribution in [3.05, 3.63) is 64.1 Å². The van der Waals surface area contributed by atoms with Crippen molar-refractivity contribution in [1.82, 2.24) is 10.2 Å². The number of nitrogens with zero attached hydrogens (tertiary/aromatic N) is 1. The minimum absolute atomic E-state index is 0.132. The molecule has 140 valence electrons. The van der Waals surface area contributed by atoms with Crippen molar-refractivity contribution in [2.45, 2.75) is 6.61 Å². The average Bonchev–Trinajstić information content (AvgIpc) is 2.87. The Hall–Kier alpha value is -2.64. The first-order chi connectivity index (χ1) is 12.9. The summed E-state index contributed by atoms with van der Waals surface area (Å²) in [6.45, 7) is 0.132. The van der Waals surface area contributed by atoms with E-state index in [9.17, 15) is 9.18 Å². The molecule has 0 aromatic heterocycles. The molecule has 1 fully saturated rings. The van der Waals surface area contributed by atoms with Gasteiger partial charge in [-0.25, -0.2) is 4.39 Å². The van der Waals surface area contributed by atoms with E-state index in [1.807, 2.05) is 0 Å². The third kappa shape index (κ3) is 4.20. The van der Waals surface area contributed by atoms with E-state index in [1.165, 1.54) is 24.1 Å². The molecule has 0 atom stereocenters. The fourth-order valence-electron chi connectivity index (χ4n) is 2.54. The highest BCUT2D eigenvalue weighted by Crippen LogP contribution is 2.37. The second-order valence-electron chi connectivity index (χ2n) is 5.81. The summed E-state index contributed by atoms with van der Waals surface area (Å²) in [7, 11) is 3.08. The molecule has 2 aromatic rings. The molecule has 0 aliphatic carbocycles. The van der Waals surface area contributed by atoms with E-state index in [1.54, 1.807) is 37.4 Å². The summed E-state index contributed by atoms with van der Waals surface area (Å²) in [5.41, 5.74) is 1.65. The van der Waals surface area contributed by atoms with Gasteiger partial charge in [0.25, 0.3) is 5.91 Å². The van der Waals surface area contributed by atoms with Crippen molar-refractivity contribution in [3.8, 4) is 11.5 Å². The largest absolute Gasteiger partial charge is 0.493 e. The molecule has 8 heteroatoms. The zero-order chi connectivity index (χ0) is 19.6. The highest BCUT2D eigenvalue weighted by molar-refractivity contribution is 7.80. The van der Waals surface area contributed by atoms with E-state index in [-0.39, 0.29) is 18.3 Å². The Morgan fingerprint density at radius 1 is 1.33 bits per heavy atom. The fraction of sp³-hybridized carbons (Fsp3) is 0.158. The van der Waals surface area contributed by atoms with Gasteiger partial charge in [-0.2, -0.15) is 0 Å². The van der Waals surface area contributed by atoms with Crippen molar-refractivity contribution in [2.24, 2.45) is 0 Å². The lowest BCUT2D eigenvalue weighted by atomic mass is 10.1. The zero-order valence-corrected chi connectivity index (χ0v) is 16.2. The molecule has 1 N–H and O–H groups in total. The smallest absolute Gasteiger partial charge is 0.276 e. The van der Waals surface area contributed by atoms with Crippen LogP contribution in [0.15, 0.2) is 42.1 Å². The molecule has 1 heterocycles. The van der Waals surface area contributed by atoms with Gasteiger partial charge in [0.05, 0.1) is 12.1 Å². The van der Waals surface area contributed by atoms with E-state index in [0.29, 0.717) is 38.5 Å². The van der Waals surface area contributed by atoms with Crippen molar-refractivity contribution in [1.29, 1.82) is 0 Å². The molecular weight excluding hydrogens is 391 g/mol. The molecule has 0 radical (unpaired) electrons. The monoisotopic (exact) mass is 406 g/mol. The minimum Gasteiger partial charge on any atom is -0.493 e. The maximum Gasteiger partial charge on any atom is 0.276 e. The zero-order valence-electron chi connectivity index (χ0n) is 14.6. The molecular formula is C19H16ClFN2O3S. The predicted octanol–water partition coefficient (Wildman–Crippen LogP) is 3.75. The summed E-state index contributed by atoms with van der Waals surface area (Å²) in [5, 5.41) is 3.48. The van der Waals surface area contributed by atoms with Crippen LogP contribution in [-0.4, -0.2) is 30.1 Å². The summed E-state index contributed by atoms with van der Waals surface area (Å²) >= 11 is 11.4. The molecule has 1 aliphatic rings. The first-order valence-electron chi connectivity index (χ1n) is 7.94. The number of methoxy groups -OCH3 is 1. The van der Waals surface area contributed by atoms with Crippen LogP contribution in [0.2, 0.25) is 5.02 Å². The molecule has 0 spiro atoms. The maximum absolute atomic E-state index is 13.3. The number of rotatable bonds is 5. The van der Waals surface area contributed by atoms with Gasteiger partial charge in [-0.15, -0.1) is 0 Å². The molecule has 0 saturated carbocycles. The van der Waals surface area contributed by atoms with Crippen LogP contribution in [-0.2, 0) is 11.4 Å². The number of benzene rings is 2. The van der Waals surface area contributed by atoms with Crippen LogP contribution >= 0.6 is 23.8 Å². The van der Waals surface area contributed by atoms with Gasteiger partial charge in [-0.3, -0.25) is 9.69 Å². The number of hydrogen-bond acceptors (Lipinski definition) is 4. The third-order valence-electron chi connectivity index (χ3n) is 3.92. The average molecular weight is 407 g/mol. The number of halogens is 2. The normalized spacial score (nSPS) is 15.3. The standard InChI is InChI=1S/C19H16ClFN2O3S/c1-23-18(24)15(22-19(23)27)8-12-7-14(20)17(16(9-12)25-2)26-10-11-4-3-5-13(21)6-11/h3-9H,10H2,1-2H3,(H,22,27). The number of hydrogen-bond donors (Lipinski definition) is 1. The molecule has 0 unspecified atom stereocenters. The third-order valence-corrected chi connectivity index (χ3v) is 4.57. The molecule has 3 rings (SSSR count). The summed E-state index contributed by atoms with van der Waals surface area (Å²) in [6, 6.07) is 9.44. The number of amides is 1. The van der Waals surface area contributed by atoms with Gasteiger partial charge in [0.1, 0.15) is 18.1 Å². The Morgan fingerprint density at radius 2 is 2.11 bits per heavy atom. The molecule has 2 aromatic carbocycles. The Labute approximate surface area is 166 Å². The van der Waals surface area contributed by atoms with Crippen LogP contribution in [0.5, 0.6) is 11.5 Å². The number of carbonyl (C=O) groups excluding carboxylic acids is 1. The van der Waals surface area contributed by atoms with Crippen LogP contribution < -0.4 is 14.8 Å². The second-order valence-corrected chi connectivity index (χ2v) is 6.60. The second kappa shape index (κ2) is 7.94. The van der Waals surface area contributed by atoms with Crippen molar-refractivity contribution in [2.75, 3.05) is 14.2 Å². The SMILES string of the molecule is COc1cc(C=C2NC(=S)N(C)C2=O)cc(Cl)c1OCc1cccc(F)c1. The predicted molar refractivity (Wildman–Crippen MR) is 105 cm³/mol. The number of likely N-dealkylation sites (N-methyl/N-ethyl adjacent to an activating group) is 1. The van der Waals surface area contributed by atoms with E-state index in [2.05, 4.69) is 5.32 Å². The van der Waals surface area contributed by atoms with Gasteiger partial charge < -0.3 is 14.8 Å². The molecule has 1 saturated heterocycles. The lowest BCUT2D eigenvalue weighted by Gasteiger charge is -2.13. The van der Waals surface area contributed by atoms with Gasteiger partial charge in [0.2, 0.25) is 0 Å². The molecule has 27 heavy (non-hydrogen) atoms. The lowest BCUT2D eigenvalue weighted by Crippen LogP contribution is -2.25. The number of ether oxygens (including phenoxy) is 2. The molecule has 0 bridgehead atoms. The van der Waals surface area contributed by atoms with Gasteiger partial charge in [0.15, 0.2) is 16.6 Å². The van der Waals surface area contributed by atoms with Gasteiger partial charge >= 0.3 is 0 Å². The van der Waals surface area contributed by atoms with Crippen molar-refractivity contribution < 1.29 is 18.7 Å². The van der Waals surface area contributed by atoms with E-state index >= 15 is 0 Å². The lowest BCUT2D eigenvalue weighted by molar-refractivity contribution is -0.121. The van der Waals surface area contributed by atoms with Crippen molar-refractivity contribution >= 4 is 40.9 Å². The van der Waals surface area contributed by atoms with Crippen LogP contribution in [0, 0.1) is 5.82 Å². The molecule has 1 aliphatic heterocycles. The fourth-order valence-corrected chi connectivity index (χ4v) is 3.00. The first-order valence-corrected chi connectivity index (χ1v) is 8.73. The minimum atomic E-state index is -0.340. The molecule has 5 nitrogen and oxygen atoms in total. The van der Waals surface area contributed by atoms with Crippen LogP contribution in [0.25, 0.3) is 6.08 Å².